The highest BCUT2D eigenvalue weighted by Crippen LogP contribution is 2.21. The van der Waals surface area contributed by atoms with Crippen LogP contribution in [0.4, 0.5) is 4.39 Å². The number of carbonyl (C=O) groups is 1. The fourth-order valence-corrected chi connectivity index (χ4v) is 2.89. The maximum absolute atomic E-state index is 12.9. The first-order chi connectivity index (χ1) is 12.2. The highest BCUT2D eigenvalue weighted by molar-refractivity contribution is 5.79. The second-order valence-corrected chi connectivity index (χ2v) is 6.30. The van der Waals surface area contributed by atoms with Gasteiger partial charge in [0.2, 0.25) is 0 Å². The van der Waals surface area contributed by atoms with E-state index in [1.807, 2.05) is 0 Å². The number of esters is 1. The van der Waals surface area contributed by atoms with E-state index in [9.17, 15) is 9.18 Å². The Balaban J connectivity index is 1.55. The van der Waals surface area contributed by atoms with Crippen molar-refractivity contribution in [3.8, 4) is 0 Å². The zero-order valence-corrected chi connectivity index (χ0v) is 14.9. The third kappa shape index (κ3) is 7.54. The van der Waals surface area contributed by atoms with Gasteiger partial charge in [-0.2, -0.15) is 0 Å². The molecule has 1 aromatic rings. The number of nitrogens with zero attached hydrogens (tertiary/aromatic N) is 1. The average Bonchev–Trinajstić information content (AvgIpc) is 3.11. The standard InChI is InChI=1S/C19H28FN3O2/c1-21-19(23-14-12-15-8-10-16(20)11-9-15)22-13-4-7-18(24)25-17-5-2-3-6-17/h8-11,17H,2-7,12-14H2,1H3,(H2,21,22,23). The lowest BCUT2D eigenvalue weighted by molar-refractivity contribution is -0.148. The number of halogens is 1. The molecule has 1 aliphatic rings. The molecule has 1 saturated carbocycles. The van der Waals surface area contributed by atoms with Gasteiger partial charge in [0.15, 0.2) is 5.96 Å². The Hall–Kier alpha value is -2.11. The molecule has 0 bridgehead atoms. The number of rotatable bonds is 8. The van der Waals surface area contributed by atoms with E-state index in [-0.39, 0.29) is 17.9 Å². The first-order valence-electron chi connectivity index (χ1n) is 9.06. The highest BCUT2D eigenvalue weighted by Gasteiger charge is 2.18. The van der Waals surface area contributed by atoms with Crippen molar-refractivity contribution in [2.75, 3.05) is 20.1 Å². The van der Waals surface area contributed by atoms with Crippen LogP contribution in [-0.4, -0.2) is 38.2 Å². The van der Waals surface area contributed by atoms with Crippen LogP contribution >= 0.6 is 0 Å². The molecule has 0 radical (unpaired) electrons. The van der Waals surface area contributed by atoms with Gasteiger partial charge in [-0.05, 0) is 56.2 Å². The van der Waals surface area contributed by atoms with E-state index in [2.05, 4.69) is 15.6 Å². The normalized spacial score (nSPS) is 15.2. The lowest BCUT2D eigenvalue weighted by Crippen LogP contribution is -2.38. The topological polar surface area (TPSA) is 62.7 Å². The predicted octanol–water partition coefficient (Wildman–Crippen LogP) is 2.80. The van der Waals surface area contributed by atoms with Gasteiger partial charge in [0.1, 0.15) is 11.9 Å². The number of carbonyl (C=O) groups excluding carboxylic acids is 1. The van der Waals surface area contributed by atoms with Gasteiger partial charge in [-0.25, -0.2) is 4.39 Å². The zero-order valence-electron chi connectivity index (χ0n) is 14.9. The molecule has 138 valence electrons. The second-order valence-electron chi connectivity index (χ2n) is 6.30. The molecule has 1 aromatic carbocycles. The molecule has 1 fully saturated rings. The molecule has 5 nitrogen and oxygen atoms in total. The zero-order chi connectivity index (χ0) is 17.9. The summed E-state index contributed by atoms with van der Waals surface area (Å²) in [7, 11) is 1.71. The summed E-state index contributed by atoms with van der Waals surface area (Å²) in [4.78, 5) is 15.9. The summed E-state index contributed by atoms with van der Waals surface area (Å²) in [6.07, 6.45) is 6.41. The van der Waals surface area contributed by atoms with Crippen molar-refractivity contribution in [3.63, 3.8) is 0 Å². The van der Waals surface area contributed by atoms with Crippen molar-refractivity contribution in [2.24, 2.45) is 4.99 Å². The molecular weight excluding hydrogens is 321 g/mol. The monoisotopic (exact) mass is 349 g/mol. The van der Waals surface area contributed by atoms with Gasteiger partial charge in [-0.15, -0.1) is 0 Å². The molecule has 0 atom stereocenters. The van der Waals surface area contributed by atoms with Crippen molar-refractivity contribution in [1.82, 2.24) is 10.6 Å². The Morgan fingerprint density at radius 3 is 2.56 bits per heavy atom. The van der Waals surface area contributed by atoms with Gasteiger partial charge in [0, 0.05) is 26.6 Å². The summed E-state index contributed by atoms with van der Waals surface area (Å²) in [5.41, 5.74) is 1.07. The molecule has 1 aliphatic carbocycles. The molecule has 6 heteroatoms. The molecule has 0 unspecified atom stereocenters. The van der Waals surface area contributed by atoms with Gasteiger partial charge in [-0.1, -0.05) is 12.1 Å². The molecule has 2 rings (SSSR count). The quantitative estimate of drug-likeness (QED) is 0.328. The first kappa shape index (κ1) is 19.2. The van der Waals surface area contributed by atoms with Gasteiger partial charge >= 0.3 is 5.97 Å². The number of nitrogens with one attached hydrogen (secondary N) is 2. The molecule has 0 spiro atoms. The summed E-state index contributed by atoms with van der Waals surface area (Å²) in [5.74, 6) is 0.375. The summed E-state index contributed by atoms with van der Waals surface area (Å²) in [6.45, 7) is 1.37. The van der Waals surface area contributed by atoms with E-state index in [4.69, 9.17) is 4.74 Å². The van der Waals surface area contributed by atoms with E-state index < -0.39 is 0 Å². The molecular formula is C19H28FN3O2. The van der Waals surface area contributed by atoms with E-state index in [0.29, 0.717) is 31.9 Å². The fourth-order valence-electron chi connectivity index (χ4n) is 2.89. The van der Waals surface area contributed by atoms with Crippen molar-refractivity contribution < 1.29 is 13.9 Å². The van der Waals surface area contributed by atoms with Crippen molar-refractivity contribution in [1.29, 1.82) is 0 Å². The summed E-state index contributed by atoms with van der Waals surface area (Å²) < 4.78 is 18.3. The average molecular weight is 349 g/mol. The van der Waals surface area contributed by atoms with Crippen LogP contribution in [0.5, 0.6) is 0 Å². The van der Waals surface area contributed by atoms with Crippen LogP contribution in [-0.2, 0) is 16.0 Å². The van der Waals surface area contributed by atoms with Crippen LogP contribution in [0, 0.1) is 5.82 Å². The molecule has 0 heterocycles. The van der Waals surface area contributed by atoms with Crippen LogP contribution < -0.4 is 10.6 Å². The Morgan fingerprint density at radius 1 is 1.20 bits per heavy atom. The summed E-state index contributed by atoms with van der Waals surface area (Å²) in [5, 5.41) is 6.39. The first-order valence-corrected chi connectivity index (χ1v) is 9.06. The maximum Gasteiger partial charge on any atom is 0.306 e. The smallest absolute Gasteiger partial charge is 0.306 e. The number of benzene rings is 1. The van der Waals surface area contributed by atoms with Crippen molar-refractivity contribution in [2.45, 2.75) is 51.0 Å². The highest BCUT2D eigenvalue weighted by atomic mass is 19.1. The SMILES string of the molecule is CN=C(NCCCC(=O)OC1CCCC1)NCCc1ccc(F)cc1. The Labute approximate surface area is 149 Å². The van der Waals surface area contributed by atoms with Crippen molar-refractivity contribution in [3.05, 3.63) is 35.6 Å². The number of hydrogen-bond donors (Lipinski definition) is 2. The number of ether oxygens (including phenoxy) is 1. The molecule has 0 aromatic heterocycles. The van der Waals surface area contributed by atoms with E-state index in [1.54, 1.807) is 19.2 Å². The van der Waals surface area contributed by atoms with E-state index in [0.717, 1.165) is 24.8 Å². The van der Waals surface area contributed by atoms with E-state index in [1.165, 1.54) is 25.0 Å². The van der Waals surface area contributed by atoms with E-state index >= 15 is 0 Å². The fraction of sp³-hybridized carbons (Fsp3) is 0.579. The Bertz CT molecular complexity index is 554. The summed E-state index contributed by atoms with van der Waals surface area (Å²) in [6, 6.07) is 6.49. The van der Waals surface area contributed by atoms with Crippen LogP contribution in [0.25, 0.3) is 0 Å². The number of hydrogen-bond acceptors (Lipinski definition) is 3. The minimum Gasteiger partial charge on any atom is -0.462 e. The largest absolute Gasteiger partial charge is 0.462 e. The molecule has 0 aliphatic heterocycles. The van der Waals surface area contributed by atoms with Crippen LogP contribution in [0.3, 0.4) is 0 Å². The van der Waals surface area contributed by atoms with Crippen LogP contribution in [0.15, 0.2) is 29.3 Å². The number of guanidine groups is 1. The lowest BCUT2D eigenvalue weighted by Gasteiger charge is -2.13. The van der Waals surface area contributed by atoms with Crippen LogP contribution in [0.2, 0.25) is 0 Å². The summed E-state index contributed by atoms with van der Waals surface area (Å²) >= 11 is 0. The Kier molecular flexibility index (Phi) is 8.22. The predicted molar refractivity (Wildman–Crippen MR) is 97.1 cm³/mol. The van der Waals surface area contributed by atoms with Gasteiger partial charge in [0.25, 0.3) is 0 Å². The van der Waals surface area contributed by atoms with Crippen LogP contribution in [0.1, 0.15) is 44.1 Å². The third-order valence-electron chi connectivity index (χ3n) is 4.29. The third-order valence-corrected chi connectivity index (χ3v) is 4.29. The number of aliphatic imine (C=N–C) groups is 1. The maximum atomic E-state index is 12.9. The molecule has 0 amide bonds. The molecule has 25 heavy (non-hydrogen) atoms. The molecule has 2 N–H and O–H groups in total. The second kappa shape index (κ2) is 10.7. The molecule has 0 saturated heterocycles. The minimum atomic E-state index is -0.222. The van der Waals surface area contributed by atoms with Gasteiger partial charge < -0.3 is 15.4 Å². The minimum absolute atomic E-state index is 0.104. The Morgan fingerprint density at radius 2 is 1.88 bits per heavy atom. The van der Waals surface area contributed by atoms with Crippen molar-refractivity contribution >= 4 is 11.9 Å². The van der Waals surface area contributed by atoms with Gasteiger partial charge in [-0.3, -0.25) is 9.79 Å². The lowest BCUT2D eigenvalue weighted by atomic mass is 10.1. The van der Waals surface area contributed by atoms with Gasteiger partial charge in [0.05, 0.1) is 0 Å².